The van der Waals surface area contributed by atoms with Gasteiger partial charge in [-0.05, 0) is 127 Å². The van der Waals surface area contributed by atoms with Crippen LogP contribution in [0.1, 0.15) is 102 Å². The molecule has 742 valence electrons. The summed E-state index contributed by atoms with van der Waals surface area (Å²) in [5.74, 6) is 1.81. The first-order valence-electron chi connectivity index (χ1n) is 44.7. The molecule has 0 bridgehead atoms. The van der Waals surface area contributed by atoms with Crippen molar-refractivity contribution >= 4 is 283 Å². The van der Waals surface area contributed by atoms with E-state index in [1.807, 2.05) is 172 Å². The van der Waals surface area contributed by atoms with Crippen LogP contribution < -0.4 is 21.3 Å². The van der Waals surface area contributed by atoms with Crippen LogP contribution in [-0.2, 0) is 9.47 Å². The summed E-state index contributed by atoms with van der Waals surface area (Å²) < 4.78 is 14.0. The van der Waals surface area contributed by atoms with Crippen molar-refractivity contribution in [3.63, 3.8) is 0 Å². The molecule has 13 heterocycles. The zero-order chi connectivity index (χ0) is 101. The zero-order valence-corrected chi connectivity index (χ0v) is 98.6. The third-order valence-corrected chi connectivity index (χ3v) is 39.0. The second-order valence-corrected chi connectivity index (χ2v) is 54.8. The highest BCUT2D eigenvalue weighted by Crippen LogP contribution is 2.50. The monoisotopic (exact) mass is 2450 g/mol. The number of rotatable bonds is 17. The van der Waals surface area contributed by atoms with E-state index in [4.69, 9.17) is 102 Å². The van der Waals surface area contributed by atoms with Crippen LogP contribution in [-0.4, -0.2) is 138 Å². The molecule has 4 saturated heterocycles. The molecule has 4 aliphatic rings. The molecule has 0 radical (unpaired) electrons. The highest BCUT2D eigenvalue weighted by molar-refractivity contribution is 14.1. The minimum Gasteiger partial charge on any atom is -0.376 e. The second-order valence-electron chi connectivity index (χ2n) is 35.7. The number of thiazole rings is 6. The van der Waals surface area contributed by atoms with Gasteiger partial charge in [-0.25, -0.2) is 59.8 Å². The van der Waals surface area contributed by atoms with Crippen LogP contribution in [0.2, 0.25) is 35.2 Å². The number of ether oxygens (including phenoxy) is 2. The molecule has 4 N–H and O–H groups in total. The summed E-state index contributed by atoms with van der Waals surface area (Å²) in [7, 11) is 0. The van der Waals surface area contributed by atoms with Gasteiger partial charge in [-0.2, -0.15) is 0 Å². The van der Waals surface area contributed by atoms with Crippen LogP contribution in [0.3, 0.4) is 0 Å². The van der Waals surface area contributed by atoms with Gasteiger partial charge in [0.1, 0.15) is 56.4 Å². The summed E-state index contributed by atoms with van der Waals surface area (Å²) in [6.45, 7) is 29.1. The molecule has 9 aromatic heterocycles. The number of anilines is 2. The zero-order valence-electron chi connectivity index (χ0n) is 78.9. The fourth-order valence-corrected chi connectivity index (χ4v) is 28.0. The highest BCUT2D eigenvalue weighted by atomic mass is 127. The number of halogens is 9. The molecule has 0 amide bonds. The van der Waals surface area contributed by atoms with Crippen molar-refractivity contribution in [2.75, 3.05) is 49.2 Å². The predicted octanol–water partition coefficient (Wildman–Crippen LogP) is 33.9. The lowest BCUT2D eigenvalue weighted by atomic mass is 9.73. The van der Waals surface area contributed by atoms with E-state index < -0.39 is 0 Å². The first-order chi connectivity index (χ1) is 68.0. The molecule has 142 heavy (non-hydrogen) atoms. The molecular weight excluding hydrogens is 2350 g/mol. The Morgan fingerprint density at radius 1 is 0.387 bits per heavy atom. The van der Waals surface area contributed by atoms with Gasteiger partial charge in [0, 0.05) is 198 Å². The van der Waals surface area contributed by atoms with Crippen LogP contribution in [0, 0.1) is 14.4 Å². The molecule has 40 heteroatoms. The quantitative estimate of drug-likeness (QED) is 0.0437. The summed E-state index contributed by atoms with van der Waals surface area (Å²) in [6, 6.07) is 42.2. The van der Waals surface area contributed by atoms with Crippen molar-refractivity contribution in [2.45, 2.75) is 190 Å². The maximum atomic E-state index is 6.65. The van der Waals surface area contributed by atoms with E-state index in [1.54, 1.807) is 147 Å². The molecule has 0 aliphatic carbocycles. The van der Waals surface area contributed by atoms with Crippen molar-refractivity contribution < 1.29 is 9.47 Å². The first kappa shape index (κ1) is 112. The van der Waals surface area contributed by atoms with Gasteiger partial charge in [0.15, 0.2) is 0 Å². The number of hydrogen-bond acceptors (Lipinski definition) is 31. The number of thiol groups is 1. The molecular formula is C102H101BrCl7IN16O2S13. The van der Waals surface area contributed by atoms with Crippen molar-refractivity contribution in [3.05, 3.63) is 277 Å². The van der Waals surface area contributed by atoms with Crippen molar-refractivity contribution in [2.24, 2.45) is 22.3 Å². The molecule has 16 aromatic rings. The Hall–Kier alpha value is -5.31. The van der Waals surface area contributed by atoms with Crippen molar-refractivity contribution in [1.29, 1.82) is 0 Å². The molecule has 0 saturated carbocycles. The molecule has 4 fully saturated rings. The lowest BCUT2D eigenvalue weighted by Gasteiger charge is -2.41. The van der Waals surface area contributed by atoms with E-state index in [0.29, 0.717) is 24.7 Å². The summed E-state index contributed by atoms with van der Waals surface area (Å²) in [6.07, 6.45) is 24.0. The number of nitrogens with zero attached hydrogens (tertiary/aromatic N) is 14. The largest absolute Gasteiger partial charge is 0.376 e. The van der Waals surface area contributed by atoms with Gasteiger partial charge in [0.05, 0.1) is 109 Å². The standard InChI is InChI=1S/2C22H24ClN5OS2.C13H7BrClN3S2.2C13H14ClNS2.C10H12ClIS.C9H6ClNS2/c2*1-14-20(24)22(13-29-14)5-8-28(9-6-22)17-11-27-18(12-26-17)31-16-4-2-3-15(19(16)23)21-25-7-10-30-21;14-10-6-18-11(7-17-10)20-9-3-1-2-8(12(9)15)13-16-4-5-19-13;1-13(2,3)17-11-6-4-5-9(12(11)14)10-7-16-8-15-10;1-13(2,3)17-10-6-4-5-9(11(10)14)12-15-7-8-16-12;1-10(2,3)13-8-6-4-5-7(12)9(8)11;10-8-6(2-1-3-7(8)12)9-11-4-5-13-9/h2*2-4,7,10-12,14,20H,5-6,8-9,13,24H2,1H3;1-7H;2*4-8H,1-3H3;4-6H,1-3H3;1-5,12H/t2*14-,20+;;;;;/m00...../s1. The third kappa shape index (κ3) is 30.8. The number of nitrogens with two attached hydrogens (primary N) is 2. The summed E-state index contributed by atoms with van der Waals surface area (Å²) in [4.78, 5) is 64.5. The van der Waals surface area contributed by atoms with Crippen LogP contribution in [0.4, 0.5) is 11.6 Å². The first-order valence-corrected chi connectivity index (χ1v) is 59.9. The Kier molecular flexibility index (Phi) is 41.5. The molecule has 18 nitrogen and oxygen atoms in total. The topological polar surface area (TPSA) is 232 Å². The van der Waals surface area contributed by atoms with Crippen LogP contribution in [0.15, 0.2) is 287 Å². The van der Waals surface area contributed by atoms with Crippen LogP contribution >= 0.6 is 271 Å². The van der Waals surface area contributed by atoms with E-state index in [1.165, 1.54) is 40.2 Å². The second kappa shape index (κ2) is 52.4. The fraction of sp³-hybridized carbons (Fsp3) is 0.294. The van der Waals surface area contributed by atoms with Gasteiger partial charge in [-0.15, -0.1) is 116 Å². The molecule has 7 aromatic carbocycles. The van der Waals surface area contributed by atoms with Gasteiger partial charge in [-0.3, -0.25) is 0 Å². The van der Waals surface area contributed by atoms with Crippen LogP contribution in [0.25, 0.3) is 64.1 Å². The average molecular weight is 2450 g/mol. The van der Waals surface area contributed by atoms with Gasteiger partial charge in [0.2, 0.25) is 0 Å². The Bertz CT molecular complexity index is 6450. The van der Waals surface area contributed by atoms with Gasteiger partial charge in [-0.1, -0.05) is 258 Å². The molecule has 2 spiro atoms. The third-order valence-electron chi connectivity index (χ3n) is 22.3. The van der Waals surface area contributed by atoms with E-state index in [2.05, 4.69) is 215 Å². The Labute approximate surface area is 942 Å². The van der Waals surface area contributed by atoms with Gasteiger partial charge in [0.25, 0.3) is 0 Å². The van der Waals surface area contributed by atoms with Crippen molar-refractivity contribution in [1.82, 2.24) is 59.8 Å². The fourth-order valence-electron chi connectivity index (χ4n) is 15.2. The maximum absolute atomic E-state index is 6.65. The SMILES string of the molecule is CC(C)(C)Sc1cccc(-c2cscn2)c1Cl.CC(C)(C)Sc1cccc(-c2nccs2)c1Cl.CC(C)(C)Sc1cccc(I)c1Cl.C[C@@H]1OCC2(CCN(c3cnc(Sc4cccc(-c5nccs5)c4Cl)cn3)CC2)[C@@H]1N.C[C@@H]1OCC2(CCN(c3cnc(Sc4cccc(-c5nccs5)c4Cl)cn3)CC2)[C@@H]1N.Clc1c(Sc2cnc(Br)cn2)cccc1-c1nccs1.Sc1cccc(-c2nccs2)c1Cl. The summed E-state index contributed by atoms with van der Waals surface area (Å²) in [5.41, 5.74) is 21.7. The Morgan fingerprint density at radius 3 is 1.00 bits per heavy atom. The number of piperidine rings is 2. The molecule has 4 aliphatic heterocycles. The van der Waals surface area contributed by atoms with Crippen LogP contribution in [0.5, 0.6) is 0 Å². The summed E-state index contributed by atoms with van der Waals surface area (Å²) >= 11 is 74.1. The van der Waals surface area contributed by atoms with E-state index in [9.17, 15) is 0 Å². The van der Waals surface area contributed by atoms with Gasteiger partial charge >= 0.3 is 0 Å². The smallest absolute Gasteiger partial charge is 0.147 e. The lowest BCUT2D eigenvalue weighted by molar-refractivity contribution is 0.0973. The normalized spacial score (nSPS) is 16.3. The average Bonchev–Trinajstić information content (AvgIpc) is 1.62. The highest BCUT2D eigenvalue weighted by Gasteiger charge is 2.49. The van der Waals surface area contributed by atoms with E-state index in [-0.39, 0.29) is 49.4 Å². The number of aromatic nitrogens is 12. The molecule has 0 unspecified atom stereocenters. The summed E-state index contributed by atoms with van der Waals surface area (Å²) in [5, 5.41) is 24.1. The molecule has 20 rings (SSSR count). The molecule has 4 atom stereocenters. The Morgan fingerprint density at radius 2 is 0.697 bits per heavy atom. The minimum atomic E-state index is 0.109. The lowest BCUT2D eigenvalue weighted by Crippen LogP contribution is -2.50. The number of benzene rings is 7. The maximum Gasteiger partial charge on any atom is 0.147 e. The number of thioether (sulfide) groups is 3. The van der Waals surface area contributed by atoms with E-state index in [0.717, 1.165) is 204 Å². The minimum absolute atomic E-state index is 0.109. The van der Waals surface area contributed by atoms with Crippen molar-refractivity contribution in [3.8, 4) is 64.1 Å². The van der Waals surface area contributed by atoms with E-state index >= 15 is 0 Å². The predicted molar refractivity (Wildman–Crippen MR) is 624 cm³/mol. The Balaban J connectivity index is 0.000000135. The van der Waals surface area contributed by atoms with Gasteiger partial charge < -0.3 is 30.7 Å². The number of hydrogen-bond donors (Lipinski definition) is 3.